The monoisotopic (exact) mass is 579 g/mol. The van der Waals surface area contributed by atoms with Crippen molar-refractivity contribution in [2.24, 2.45) is 28.6 Å². The highest BCUT2D eigenvalue weighted by molar-refractivity contribution is 9.10. The van der Waals surface area contributed by atoms with Crippen LogP contribution in [0.4, 0.5) is 0 Å². The van der Waals surface area contributed by atoms with Crippen molar-refractivity contribution < 1.29 is 18.9 Å². The van der Waals surface area contributed by atoms with Crippen molar-refractivity contribution in [2.75, 3.05) is 0 Å². The maximum Gasteiger partial charge on any atom is 0.302 e. The summed E-state index contributed by atoms with van der Waals surface area (Å²) in [6.07, 6.45) is 18.3. The zero-order valence-electron chi connectivity index (χ0n) is 22.9. The van der Waals surface area contributed by atoms with Crippen LogP contribution in [0.1, 0.15) is 88.5 Å². The van der Waals surface area contributed by atoms with E-state index in [-0.39, 0.29) is 28.7 Å². The quantitative estimate of drug-likeness (QED) is 0.168. The highest BCUT2D eigenvalue weighted by Crippen LogP contribution is 2.67. The summed E-state index contributed by atoms with van der Waals surface area (Å²) in [5.74, 6) is 2.17. The van der Waals surface area contributed by atoms with Crippen LogP contribution in [0.2, 0.25) is 0 Å². The van der Waals surface area contributed by atoms with Gasteiger partial charge >= 0.3 is 5.97 Å². The summed E-state index contributed by atoms with van der Waals surface area (Å²) in [7, 11) is 0. The number of ketones is 1. The van der Waals surface area contributed by atoms with Crippen molar-refractivity contribution in [2.45, 2.75) is 90.8 Å². The topological polar surface area (TPSA) is 52.2 Å². The molecule has 0 radical (unpaired) electrons. The molecule has 1 aromatic carbocycles. The fourth-order valence-corrected chi connectivity index (χ4v) is 9.43. The Morgan fingerprint density at radius 2 is 1.97 bits per heavy atom. The van der Waals surface area contributed by atoms with Gasteiger partial charge in [0, 0.05) is 28.8 Å². The number of imidazole rings is 1. The Hall–Kier alpha value is -2.21. The van der Waals surface area contributed by atoms with E-state index in [1.54, 1.807) is 5.57 Å². The predicted octanol–water partition coefficient (Wildman–Crippen LogP) is 6.86. The van der Waals surface area contributed by atoms with Crippen molar-refractivity contribution in [1.82, 2.24) is 4.57 Å². The van der Waals surface area contributed by atoms with Crippen LogP contribution in [0.25, 0.3) is 0 Å². The van der Waals surface area contributed by atoms with E-state index in [9.17, 15) is 9.59 Å². The molecule has 1 heterocycles. The van der Waals surface area contributed by atoms with Crippen LogP contribution in [0.5, 0.6) is 0 Å². The number of allylic oxidation sites excluding steroid dienone is 1. The van der Waals surface area contributed by atoms with Crippen LogP contribution in [-0.4, -0.2) is 22.4 Å². The highest BCUT2D eigenvalue weighted by Gasteiger charge is 2.60. The standard InChI is InChI=1S/C32H40BrN2O3/c1-21(36)38-25-11-13-31(2)23(18-25)7-8-26-27-9-10-30(32(27,3)14-12-28(26)31)35-16-15-34(20-35)19-29(37)22-5-4-6-24(33)17-22/h4-7,15-17,20,25-28,30H,8-14,18-19H2,1-3H3/q+1/t25-,26-,27-,28-,30-,31-,32-/m0/s1. The van der Waals surface area contributed by atoms with Gasteiger partial charge < -0.3 is 4.74 Å². The Morgan fingerprint density at radius 3 is 2.76 bits per heavy atom. The highest BCUT2D eigenvalue weighted by atomic mass is 79.9. The Morgan fingerprint density at radius 1 is 1.13 bits per heavy atom. The first-order valence-electron chi connectivity index (χ1n) is 14.4. The van der Waals surface area contributed by atoms with Crippen LogP contribution < -0.4 is 4.57 Å². The minimum absolute atomic E-state index is 0.0591. The van der Waals surface area contributed by atoms with E-state index < -0.39 is 0 Å². The second-order valence-corrected chi connectivity index (χ2v) is 13.8. The average Bonchev–Trinajstić information content (AvgIpc) is 3.47. The van der Waals surface area contributed by atoms with Crippen molar-refractivity contribution in [1.29, 1.82) is 0 Å². The molecular weight excluding hydrogens is 540 g/mol. The van der Waals surface area contributed by atoms with Crippen LogP contribution in [0, 0.1) is 28.6 Å². The summed E-state index contributed by atoms with van der Waals surface area (Å²) >= 11 is 3.48. The maximum absolute atomic E-state index is 12.9. The van der Waals surface area contributed by atoms with Gasteiger partial charge in [0.1, 0.15) is 24.5 Å². The molecule has 0 unspecified atom stereocenters. The third kappa shape index (κ3) is 4.41. The molecule has 5 nitrogen and oxygen atoms in total. The number of hydrogen-bond donors (Lipinski definition) is 0. The minimum atomic E-state index is -0.151. The number of carbonyl (C=O) groups is 2. The summed E-state index contributed by atoms with van der Waals surface area (Å²) in [5.41, 5.74) is 2.83. The molecule has 6 heteroatoms. The fraction of sp³-hybridized carbons (Fsp3) is 0.594. The van der Waals surface area contributed by atoms with E-state index in [0.717, 1.165) is 47.1 Å². The lowest BCUT2D eigenvalue weighted by atomic mass is 9.48. The zero-order chi connectivity index (χ0) is 26.7. The molecule has 1 aromatic heterocycles. The summed E-state index contributed by atoms with van der Waals surface area (Å²) in [6.45, 7) is 6.94. The number of ether oxygens (including phenoxy) is 1. The molecule has 3 fully saturated rings. The first kappa shape index (κ1) is 26.0. The number of halogens is 1. The fourth-order valence-electron chi connectivity index (χ4n) is 9.03. The van der Waals surface area contributed by atoms with Crippen LogP contribution >= 0.6 is 15.9 Å². The van der Waals surface area contributed by atoms with Gasteiger partial charge in [0.15, 0.2) is 6.54 Å². The van der Waals surface area contributed by atoms with E-state index >= 15 is 0 Å². The molecule has 0 aliphatic heterocycles. The van der Waals surface area contributed by atoms with Crippen molar-refractivity contribution in [3.8, 4) is 0 Å². The second-order valence-electron chi connectivity index (χ2n) is 12.8. The van der Waals surface area contributed by atoms with Gasteiger partial charge in [-0.1, -0.05) is 53.6 Å². The SMILES string of the molecule is CC(=O)O[C@H]1CC[C@@]2(C)C(=CC[C@H]3[C@@H]4CC[C@H](n5cc[n+](CC(=O)c6cccc(Br)c6)c5)[C@@]4(C)CC[C@@H]32)C1. The van der Waals surface area contributed by atoms with Gasteiger partial charge in [-0.05, 0) is 80.2 Å². The summed E-state index contributed by atoms with van der Waals surface area (Å²) < 4.78 is 11.0. The van der Waals surface area contributed by atoms with Gasteiger partial charge in [0.2, 0.25) is 12.1 Å². The molecule has 202 valence electrons. The van der Waals surface area contributed by atoms with Gasteiger partial charge in [0.25, 0.3) is 0 Å². The molecular formula is C32H40BrN2O3+. The average molecular weight is 581 g/mol. The maximum atomic E-state index is 12.9. The number of hydrogen-bond acceptors (Lipinski definition) is 3. The summed E-state index contributed by atoms with van der Waals surface area (Å²) in [5, 5.41) is 0. The second kappa shape index (κ2) is 9.76. The lowest BCUT2D eigenvalue weighted by Crippen LogP contribution is -2.50. The normalized spacial score (nSPS) is 36.0. The van der Waals surface area contributed by atoms with Gasteiger partial charge in [-0.3, -0.25) is 9.59 Å². The van der Waals surface area contributed by atoms with E-state index in [1.165, 1.54) is 39.0 Å². The third-order valence-electron chi connectivity index (χ3n) is 10.9. The van der Waals surface area contributed by atoms with Crippen molar-refractivity contribution in [3.63, 3.8) is 0 Å². The molecule has 0 amide bonds. The Balaban J connectivity index is 1.18. The van der Waals surface area contributed by atoms with Crippen LogP contribution in [0.15, 0.2) is 59.1 Å². The molecule has 2 aromatic rings. The number of Topliss-reactive ketones (excluding diaryl/α,β-unsaturated/α-hetero) is 1. The molecule has 6 rings (SSSR count). The minimum Gasteiger partial charge on any atom is -0.462 e. The van der Waals surface area contributed by atoms with Gasteiger partial charge in [-0.25, -0.2) is 9.13 Å². The molecule has 4 aliphatic rings. The number of fused-ring (bicyclic) bond motifs is 5. The molecule has 3 saturated carbocycles. The summed E-state index contributed by atoms with van der Waals surface area (Å²) in [4.78, 5) is 24.4. The molecule has 0 spiro atoms. The molecule has 7 atom stereocenters. The van der Waals surface area contributed by atoms with Crippen LogP contribution in [-0.2, 0) is 16.1 Å². The lowest BCUT2D eigenvalue weighted by molar-refractivity contribution is -0.682. The molecule has 0 saturated heterocycles. The first-order chi connectivity index (χ1) is 18.2. The van der Waals surface area contributed by atoms with E-state index in [4.69, 9.17) is 4.74 Å². The third-order valence-corrected chi connectivity index (χ3v) is 11.4. The number of nitrogens with zero attached hydrogens (tertiary/aromatic N) is 2. The molecule has 0 bridgehead atoms. The van der Waals surface area contributed by atoms with Gasteiger partial charge in [-0.2, -0.15) is 0 Å². The largest absolute Gasteiger partial charge is 0.462 e. The van der Waals surface area contributed by atoms with E-state index in [1.807, 2.05) is 28.8 Å². The summed E-state index contributed by atoms with van der Waals surface area (Å²) in [6, 6.07) is 8.13. The van der Waals surface area contributed by atoms with E-state index in [0.29, 0.717) is 12.6 Å². The Labute approximate surface area is 234 Å². The molecule has 0 N–H and O–H groups in total. The number of esters is 1. The smallest absolute Gasteiger partial charge is 0.302 e. The Bertz CT molecular complexity index is 1280. The van der Waals surface area contributed by atoms with E-state index in [2.05, 4.69) is 59.1 Å². The number of carbonyl (C=O) groups excluding carboxylic acids is 2. The lowest BCUT2D eigenvalue weighted by Gasteiger charge is -2.57. The predicted molar refractivity (Wildman–Crippen MR) is 149 cm³/mol. The molecule has 38 heavy (non-hydrogen) atoms. The number of rotatable bonds is 5. The van der Waals surface area contributed by atoms with Crippen LogP contribution in [0.3, 0.4) is 0 Å². The van der Waals surface area contributed by atoms with Gasteiger partial charge in [-0.15, -0.1) is 0 Å². The van der Waals surface area contributed by atoms with Gasteiger partial charge in [0.05, 0.1) is 0 Å². The Kier molecular flexibility index (Phi) is 6.69. The van der Waals surface area contributed by atoms with Crippen molar-refractivity contribution in [3.05, 3.63) is 64.7 Å². The van der Waals surface area contributed by atoms with Crippen molar-refractivity contribution >= 4 is 27.7 Å². The zero-order valence-corrected chi connectivity index (χ0v) is 24.5. The first-order valence-corrected chi connectivity index (χ1v) is 15.2. The molecule has 4 aliphatic carbocycles. The number of benzene rings is 1. The number of aromatic nitrogens is 2.